The van der Waals surface area contributed by atoms with E-state index in [9.17, 15) is 4.79 Å². The molecule has 2 rings (SSSR count). The fraction of sp³-hybridized carbons (Fsp3) is 0.947. The summed E-state index contributed by atoms with van der Waals surface area (Å²) in [7, 11) is -1.45. The lowest BCUT2D eigenvalue weighted by Gasteiger charge is -2.34. The molecule has 0 unspecified atom stereocenters. The lowest BCUT2D eigenvalue weighted by atomic mass is 9.72. The highest BCUT2D eigenvalue weighted by Crippen LogP contribution is 2.51. The largest absolute Gasteiger partial charge is 0.413 e. The summed E-state index contributed by atoms with van der Waals surface area (Å²) >= 11 is 0. The van der Waals surface area contributed by atoms with E-state index in [1.165, 1.54) is 44.9 Å². The van der Waals surface area contributed by atoms with Crippen LogP contribution in [0.15, 0.2) is 0 Å². The second kappa shape index (κ2) is 6.76. The molecule has 22 heavy (non-hydrogen) atoms. The molecule has 3 heteroatoms. The van der Waals surface area contributed by atoms with E-state index < -0.39 is 8.32 Å². The zero-order valence-corrected chi connectivity index (χ0v) is 16.5. The van der Waals surface area contributed by atoms with Crippen molar-refractivity contribution in [2.45, 2.75) is 103 Å². The van der Waals surface area contributed by atoms with Gasteiger partial charge in [-0.15, -0.1) is 0 Å². The molecular weight excluding hydrogens is 288 g/mol. The molecule has 0 bridgehead atoms. The molecule has 0 aromatic heterocycles. The average Bonchev–Trinajstić information content (AvgIpc) is 2.68. The summed E-state index contributed by atoms with van der Waals surface area (Å²) < 4.78 is 6.31. The molecule has 0 aliphatic heterocycles. The first-order chi connectivity index (χ1) is 10.1. The monoisotopic (exact) mass is 324 g/mol. The number of hydrogen-bond donors (Lipinski definition) is 0. The normalized spacial score (nSPS) is 30.2. The van der Waals surface area contributed by atoms with Gasteiger partial charge in [-0.25, -0.2) is 0 Å². The fourth-order valence-electron chi connectivity index (χ4n) is 4.91. The predicted molar refractivity (Wildman–Crippen MR) is 95.6 cm³/mol. The minimum absolute atomic E-state index is 0.0293. The van der Waals surface area contributed by atoms with E-state index in [-0.39, 0.29) is 5.60 Å². The summed E-state index contributed by atoms with van der Waals surface area (Å²) in [5.74, 6) is 1.38. The van der Waals surface area contributed by atoms with Crippen LogP contribution in [0.2, 0.25) is 19.6 Å². The molecule has 0 amide bonds. The summed E-state index contributed by atoms with van der Waals surface area (Å²) in [5, 5.41) is 0. The Morgan fingerprint density at radius 2 is 2.00 bits per heavy atom. The van der Waals surface area contributed by atoms with Crippen molar-refractivity contribution in [3.05, 3.63) is 0 Å². The molecule has 1 spiro atoms. The van der Waals surface area contributed by atoms with E-state index >= 15 is 0 Å². The third kappa shape index (κ3) is 5.49. The van der Waals surface area contributed by atoms with Gasteiger partial charge in [-0.1, -0.05) is 12.8 Å². The number of Topliss-reactive ketones (excluding diaryl/α,β-unsaturated/α-hetero) is 1. The SMILES string of the molecule is CC(C)(CCC[C@H]1CC[C@]2(CCCC(=O)C2)C1)O[Si](C)(C)C. The van der Waals surface area contributed by atoms with Crippen molar-refractivity contribution in [1.29, 1.82) is 0 Å². The maximum Gasteiger partial charge on any atom is 0.184 e. The minimum Gasteiger partial charge on any atom is -0.413 e. The number of hydrogen-bond acceptors (Lipinski definition) is 2. The van der Waals surface area contributed by atoms with Crippen LogP contribution in [0, 0.1) is 11.3 Å². The van der Waals surface area contributed by atoms with E-state index in [0.29, 0.717) is 11.2 Å². The highest BCUT2D eigenvalue weighted by atomic mass is 28.4. The van der Waals surface area contributed by atoms with Crippen LogP contribution in [0.1, 0.15) is 78.1 Å². The van der Waals surface area contributed by atoms with E-state index in [1.807, 2.05) is 0 Å². The quantitative estimate of drug-likeness (QED) is 0.584. The van der Waals surface area contributed by atoms with E-state index in [1.54, 1.807) is 0 Å². The first kappa shape index (κ1) is 18.2. The number of ketones is 1. The third-order valence-corrected chi connectivity index (χ3v) is 6.68. The summed E-state index contributed by atoms with van der Waals surface area (Å²) in [4.78, 5) is 11.8. The molecule has 0 aromatic carbocycles. The van der Waals surface area contributed by atoms with Crippen molar-refractivity contribution in [3.8, 4) is 0 Å². The standard InChI is InChI=1S/C19H36O2Si/c1-18(2,21-22(3,4)5)11-6-8-16-10-13-19(14-16)12-7-9-17(20)15-19/h16H,6-15H2,1-5H3/t16-,19+/m0/s1. The van der Waals surface area contributed by atoms with Crippen molar-refractivity contribution in [2.24, 2.45) is 11.3 Å². The van der Waals surface area contributed by atoms with Crippen LogP contribution in [-0.2, 0) is 9.22 Å². The molecule has 2 nitrogen and oxygen atoms in total. The summed E-state index contributed by atoms with van der Waals surface area (Å²) in [6.45, 7) is 11.3. The first-order valence-corrected chi connectivity index (χ1v) is 12.7. The average molecular weight is 325 g/mol. The highest BCUT2D eigenvalue weighted by Gasteiger charge is 2.41. The van der Waals surface area contributed by atoms with Gasteiger partial charge in [0.2, 0.25) is 0 Å². The Hall–Kier alpha value is -0.153. The number of rotatable bonds is 6. The van der Waals surface area contributed by atoms with E-state index in [4.69, 9.17) is 4.43 Å². The van der Waals surface area contributed by atoms with Crippen molar-refractivity contribution in [1.82, 2.24) is 0 Å². The minimum atomic E-state index is -1.45. The highest BCUT2D eigenvalue weighted by molar-refractivity contribution is 6.69. The van der Waals surface area contributed by atoms with Gasteiger partial charge in [0, 0.05) is 12.8 Å². The van der Waals surface area contributed by atoms with Gasteiger partial charge in [-0.05, 0) is 83.3 Å². The van der Waals surface area contributed by atoms with Crippen LogP contribution in [0.4, 0.5) is 0 Å². The molecule has 128 valence electrons. The Bertz CT molecular complexity index is 397. The van der Waals surface area contributed by atoms with Gasteiger partial charge in [0.05, 0.1) is 5.60 Å². The molecule has 2 atom stereocenters. The van der Waals surface area contributed by atoms with Gasteiger partial charge in [-0.3, -0.25) is 4.79 Å². The Labute approximate surface area is 138 Å². The van der Waals surface area contributed by atoms with Crippen LogP contribution >= 0.6 is 0 Å². The molecule has 2 aliphatic rings. The molecule has 2 saturated carbocycles. The molecular formula is C19H36O2Si. The topological polar surface area (TPSA) is 26.3 Å². The number of carbonyl (C=O) groups is 1. The number of carbonyl (C=O) groups excluding carboxylic acids is 1. The van der Waals surface area contributed by atoms with Crippen LogP contribution in [-0.4, -0.2) is 19.7 Å². The lowest BCUT2D eigenvalue weighted by molar-refractivity contribution is -0.123. The van der Waals surface area contributed by atoms with Gasteiger partial charge in [0.25, 0.3) is 0 Å². The van der Waals surface area contributed by atoms with Crippen molar-refractivity contribution in [2.75, 3.05) is 0 Å². The molecule has 0 heterocycles. The molecule has 0 N–H and O–H groups in total. The van der Waals surface area contributed by atoms with Gasteiger partial charge < -0.3 is 4.43 Å². The van der Waals surface area contributed by atoms with E-state index in [0.717, 1.165) is 25.2 Å². The van der Waals surface area contributed by atoms with Crippen molar-refractivity contribution < 1.29 is 9.22 Å². The molecule has 0 radical (unpaired) electrons. The summed E-state index contributed by atoms with van der Waals surface area (Å²) in [5.41, 5.74) is 0.436. The van der Waals surface area contributed by atoms with Gasteiger partial charge in [-0.2, -0.15) is 0 Å². The van der Waals surface area contributed by atoms with Crippen LogP contribution in [0.5, 0.6) is 0 Å². The molecule has 2 aliphatic carbocycles. The van der Waals surface area contributed by atoms with Crippen molar-refractivity contribution in [3.63, 3.8) is 0 Å². The Kier molecular flexibility index (Phi) is 5.59. The second-order valence-corrected chi connectivity index (χ2v) is 14.0. The van der Waals surface area contributed by atoms with Crippen molar-refractivity contribution >= 4 is 14.1 Å². The van der Waals surface area contributed by atoms with Crippen LogP contribution in [0.25, 0.3) is 0 Å². The Morgan fingerprint density at radius 3 is 2.64 bits per heavy atom. The zero-order valence-electron chi connectivity index (χ0n) is 15.5. The first-order valence-electron chi connectivity index (χ1n) is 9.31. The summed E-state index contributed by atoms with van der Waals surface area (Å²) in [6.07, 6.45) is 11.9. The molecule has 0 aromatic rings. The molecule has 0 saturated heterocycles. The van der Waals surface area contributed by atoms with Crippen LogP contribution in [0.3, 0.4) is 0 Å². The fourth-order valence-corrected chi connectivity index (χ4v) is 6.67. The Morgan fingerprint density at radius 1 is 1.27 bits per heavy atom. The summed E-state index contributed by atoms with van der Waals surface area (Å²) in [6, 6.07) is 0. The maximum absolute atomic E-state index is 11.8. The zero-order chi connectivity index (χ0) is 16.4. The second-order valence-electron chi connectivity index (χ2n) is 9.54. The van der Waals surface area contributed by atoms with Gasteiger partial charge in [0.15, 0.2) is 8.32 Å². The van der Waals surface area contributed by atoms with E-state index in [2.05, 4.69) is 33.5 Å². The van der Waals surface area contributed by atoms with Gasteiger partial charge in [0.1, 0.15) is 5.78 Å². The smallest absolute Gasteiger partial charge is 0.184 e. The Balaban J connectivity index is 1.73. The van der Waals surface area contributed by atoms with Crippen LogP contribution < -0.4 is 0 Å². The maximum atomic E-state index is 11.8. The lowest BCUT2D eigenvalue weighted by Crippen LogP contribution is -2.38. The molecule has 2 fully saturated rings. The van der Waals surface area contributed by atoms with Gasteiger partial charge >= 0.3 is 0 Å². The predicted octanol–water partition coefficient (Wildman–Crippen LogP) is 5.72. The third-order valence-electron chi connectivity index (χ3n) is 5.51.